The maximum absolute atomic E-state index is 13.3. The van der Waals surface area contributed by atoms with Crippen molar-refractivity contribution in [2.75, 3.05) is 29.8 Å². The number of anilines is 2. The van der Waals surface area contributed by atoms with Gasteiger partial charge in [0.05, 0.1) is 29.4 Å². The average Bonchev–Trinajstić information content (AvgIpc) is 3.26. The van der Waals surface area contributed by atoms with Crippen LogP contribution >= 0.6 is 23.2 Å². The van der Waals surface area contributed by atoms with Crippen molar-refractivity contribution < 1.29 is 23.9 Å². The number of carbonyl (C=O) groups excluding carboxylic acids is 3. The van der Waals surface area contributed by atoms with E-state index in [1.807, 2.05) is 6.92 Å². The fraction of sp³-hybridized carbons (Fsp3) is 0.115. The summed E-state index contributed by atoms with van der Waals surface area (Å²) in [6.07, 6.45) is 0. The third-order valence-electron chi connectivity index (χ3n) is 5.28. The van der Waals surface area contributed by atoms with Gasteiger partial charge in [-0.1, -0.05) is 41.4 Å². The number of benzene rings is 3. The van der Waals surface area contributed by atoms with Gasteiger partial charge in [-0.25, -0.2) is 4.68 Å². The molecule has 11 heteroatoms. The summed E-state index contributed by atoms with van der Waals surface area (Å²) in [6.45, 7) is 2.39. The lowest BCUT2D eigenvalue weighted by molar-refractivity contribution is -0.133. The Hall–Kier alpha value is -4.21. The van der Waals surface area contributed by atoms with Crippen LogP contribution in [0.3, 0.4) is 0 Å². The van der Waals surface area contributed by atoms with E-state index in [9.17, 15) is 14.4 Å². The molecular weight excluding hydrogens is 519 g/mol. The molecule has 3 amide bonds. The molecule has 1 heterocycles. The molecule has 0 aliphatic heterocycles. The van der Waals surface area contributed by atoms with Crippen LogP contribution in [0.5, 0.6) is 11.5 Å². The molecule has 4 aromatic rings. The number of carbonyl (C=O) groups is 3. The number of halogens is 2. The molecule has 0 unspecified atom stereocenters. The highest BCUT2D eigenvalue weighted by Gasteiger charge is 2.23. The predicted molar refractivity (Wildman–Crippen MR) is 144 cm³/mol. The summed E-state index contributed by atoms with van der Waals surface area (Å²) in [4.78, 5) is 38.8. The largest absolute Gasteiger partial charge is 0.494 e. The Balaban J connectivity index is 1.64. The molecule has 1 aromatic heterocycles. The second kappa shape index (κ2) is 11.2. The maximum atomic E-state index is 13.3. The van der Waals surface area contributed by atoms with Crippen LogP contribution in [-0.2, 0) is 9.59 Å². The van der Waals surface area contributed by atoms with Crippen LogP contribution in [0, 0.1) is 0 Å². The van der Waals surface area contributed by atoms with Gasteiger partial charge in [-0.05, 0) is 55.5 Å². The van der Waals surface area contributed by atoms with E-state index in [0.29, 0.717) is 34.7 Å². The molecule has 0 atom stereocenters. The number of hydrogen-bond donors (Lipinski definition) is 3. The van der Waals surface area contributed by atoms with E-state index in [1.165, 1.54) is 17.9 Å². The molecule has 3 N–H and O–H groups in total. The second-order valence-electron chi connectivity index (χ2n) is 7.67. The van der Waals surface area contributed by atoms with Gasteiger partial charge in [-0.3, -0.25) is 19.8 Å². The summed E-state index contributed by atoms with van der Waals surface area (Å²) < 4.78 is 12.1. The van der Waals surface area contributed by atoms with Gasteiger partial charge in [0.2, 0.25) is 0 Å². The van der Waals surface area contributed by atoms with Gasteiger partial charge >= 0.3 is 11.8 Å². The summed E-state index contributed by atoms with van der Waals surface area (Å²) in [5.74, 6) is -1.54. The van der Waals surface area contributed by atoms with E-state index >= 15 is 0 Å². The number of aromatic nitrogens is 1. The number of nitrogens with one attached hydrogen (secondary N) is 3. The van der Waals surface area contributed by atoms with Crippen LogP contribution in [0.25, 0.3) is 10.9 Å². The second-order valence-corrected chi connectivity index (χ2v) is 8.46. The van der Waals surface area contributed by atoms with E-state index in [2.05, 4.69) is 16.1 Å². The standard InChI is InChI=1S/C26H22Cl2N4O5/c1-3-37-17-12-10-16(11-13-17)29-24(33)20-14-15-6-4-9-21(36-2)23(15)32(20)31-26(35)25(34)30-19-8-5-7-18(27)22(19)28/h4-14H,3H2,1-2H3,(H,29,33)(H,30,34)(H,31,35). The molecule has 0 radical (unpaired) electrons. The minimum atomic E-state index is -1.05. The normalized spacial score (nSPS) is 10.6. The first-order valence-corrected chi connectivity index (χ1v) is 11.9. The quantitative estimate of drug-likeness (QED) is 0.275. The van der Waals surface area contributed by atoms with Crippen molar-refractivity contribution >= 4 is 63.2 Å². The van der Waals surface area contributed by atoms with Crippen molar-refractivity contribution in [3.05, 3.63) is 82.5 Å². The van der Waals surface area contributed by atoms with Crippen molar-refractivity contribution in [1.82, 2.24) is 4.68 Å². The number of methoxy groups -OCH3 is 1. The highest BCUT2D eigenvalue weighted by molar-refractivity contribution is 6.46. The molecular formula is C26H22Cl2N4O5. The maximum Gasteiger partial charge on any atom is 0.328 e. The van der Waals surface area contributed by atoms with E-state index < -0.39 is 17.7 Å². The lowest BCUT2D eigenvalue weighted by Crippen LogP contribution is -2.36. The Kier molecular flexibility index (Phi) is 7.86. The molecule has 3 aromatic carbocycles. The van der Waals surface area contributed by atoms with Crippen molar-refractivity contribution in [3.63, 3.8) is 0 Å². The van der Waals surface area contributed by atoms with Gasteiger partial charge in [0, 0.05) is 11.1 Å². The van der Waals surface area contributed by atoms with Crippen LogP contribution < -0.4 is 25.5 Å². The smallest absolute Gasteiger partial charge is 0.328 e. The van der Waals surface area contributed by atoms with E-state index in [4.69, 9.17) is 32.7 Å². The lowest BCUT2D eigenvalue weighted by atomic mass is 10.2. The van der Waals surface area contributed by atoms with Gasteiger partial charge in [-0.15, -0.1) is 0 Å². The summed E-state index contributed by atoms with van der Waals surface area (Å²) in [6, 6.07) is 18.2. The summed E-state index contributed by atoms with van der Waals surface area (Å²) in [5.41, 5.74) is 3.62. The fourth-order valence-electron chi connectivity index (χ4n) is 3.60. The van der Waals surface area contributed by atoms with Crippen LogP contribution in [0.2, 0.25) is 10.0 Å². The molecule has 0 fully saturated rings. The summed E-state index contributed by atoms with van der Waals surface area (Å²) >= 11 is 12.1. The Morgan fingerprint density at radius 3 is 2.35 bits per heavy atom. The molecule has 0 aliphatic rings. The zero-order valence-corrected chi connectivity index (χ0v) is 21.3. The number of hydrogen-bond acceptors (Lipinski definition) is 5. The molecule has 4 rings (SSSR count). The minimum Gasteiger partial charge on any atom is -0.494 e. The first kappa shape index (κ1) is 25.9. The first-order chi connectivity index (χ1) is 17.8. The number of nitrogens with zero attached hydrogens (tertiary/aromatic N) is 1. The van der Waals surface area contributed by atoms with Crippen LogP contribution in [0.15, 0.2) is 66.7 Å². The van der Waals surface area contributed by atoms with Crippen molar-refractivity contribution in [2.45, 2.75) is 6.92 Å². The molecule has 37 heavy (non-hydrogen) atoms. The Bertz CT molecular complexity index is 1480. The lowest BCUT2D eigenvalue weighted by Gasteiger charge is -2.14. The molecule has 0 saturated carbocycles. The Morgan fingerprint density at radius 2 is 1.65 bits per heavy atom. The number of ether oxygens (including phenoxy) is 2. The van der Waals surface area contributed by atoms with E-state index in [1.54, 1.807) is 60.7 Å². The highest BCUT2D eigenvalue weighted by Crippen LogP contribution is 2.30. The van der Waals surface area contributed by atoms with Gasteiger partial charge < -0.3 is 20.1 Å². The predicted octanol–water partition coefficient (Wildman–Crippen LogP) is 5.32. The highest BCUT2D eigenvalue weighted by atomic mass is 35.5. The number of rotatable bonds is 7. The third-order valence-corrected chi connectivity index (χ3v) is 6.10. The number of fused-ring (bicyclic) bond motifs is 1. The first-order valence-electron chi connectivity index (χ1n) is 11.1. The number of para-hydroxylation sites is 1. The SMILES string of the molecule is CCOc1ccc(NC(=O)c2cc3cccc(OC)c3n2NC(=O)C(=O)Nc2cccc(Cl)c2Cl)cc1. The van der Waals surface area contributed by atoms with Gasteiger partial charge in [0.15, 0.2) is 0 Å². The molecule has 0 bridgehead atoms. The fourth-order valence-corrected chi connectivity index (χ4v) is 3.95. The summed E-state index contributed by atoms with van der Waals surface area (Å²) in [7, 11) is 1.46. The molecule has 0 saturated heterocycles. The topological polar surface area (TPSA) is 111 Å². The van der Waals surface area contributed by atoms with Crippen LogP contribution in [-0.4, -0.2) is 36.1 Å². The van der Waals surface area contributed by atoms with Gasteiger partial charge in [0.1, 0.15) is 22.7 Å². The monoisotopic (exact) mass is 540 g/mol. The molecule has 190 valence electrons. The Morgan fingerprint density at radius 1 is 0.919 bits per heavy atom. The van der Waals surface area contributed by atoms with Crippen molar-refractivity contribution in [3.8, 4) is 11.5 Å². The molecule has 0 spiro atoms. The van der Waals surface area contributed by atoms with Crippen LogP contribution in [0.4, 0.5) is 11.4 Å². The Labute approximate surface area is 222 Å². The summed E-state index contributed by atoms with van der Waals surface area (Å²) in [5, 5.41) is 6.12. The zero-order chi connectivity index (χ0) is 26.5. The van der Waals surface area contributed by atoms with Crippen molar-refractivity contribution in [2.24, 2.45) is 0 Å². The van der Waals surface area contributed by atoms with Gasteiger partial charge in [0.25, 0.3) is 5.91 Å². The average molecular weight is 541 g/mol. The zero-order valence-electron chi connectivity index (χ0n) is 19.8. The molecule has 0 aliphatic carbocycles. The van der Waals surface area contributed by atoms with Crippen LogP contribution in [0.1, 0.15) is 17.4 Å². The molecule has 9 nitrogen and oxygen atoms in total. The van der Waals surface area contributed by atoms with Crippen molar-refractivity contribution in [1.29, 1.82) is 0 Å². The minimum absolute atomic E-state index is 0.0651. The number of amides is 3. The van der Waals surface area contributed by atoms with E-state index in [0.717, 1.165) is 0 Å². The van der Waals surface area contributed by atoms with E-state index in [-0.39, 0.29) is 21.4 Å². The van der Waals surface area contributed by atoms with Gasteiger partial charge in [-0.2, -0.15) is 0 Å². The third kappa shape index (κ3) is 5.63.